The maximum atomic E-state index is 13.5. The van der Waals surface area contributed by atoms with Gasteiger partial charge in [0.2, 0.25) is 0 Å². The summed E-state index contributed by atoms with van der Waals surface area (Å²) in [6.07, 6.45) is 0.359. The number of benzene rings is 3. The first-order valence-corrected chi connectivity index (χ1v) is 10.2. The number of methoxy groups -OCH3 is 1. The van der Waals surface area contributed by atoms with Crippen LogP contribution in [0.2, 0.25) is 0 Å². The number of aromatic nitrogens is 1. The molecule has 1 heterocycles. The van der Waals surface area contributed by atoms with Gasteiger partial charge in [-0.25, -0.2) is 9.78 Å². The number of rotatable bonds is 5. The van der Waals surface area contributed by atoms with Crippen molar-refractivity contribution in [3.63, 3.8) is 0 Å². The molecule has 31 heavy (non-hydrogen) atoms. The highest BCUT2D eigenvalue weighted by molar-refractivity contribution is 6.16. The number of esters is 1. The lowest BCUT2D eigenvalue weighted by Crippen LogP contribution is -2.43. The first-order valence-electron chi connectivity index (χ1n) is 10.2. The van der Waals surface area contributed by atoms with E-state index in [9.17, 15) is 9.59 Å². The summed E-state index contributed by atoms with van der Waals surface area (Å²) in [4.78, 5) is 30.8. The van der Waals surface area contributed by atoms with Gasteiger partial charge >= 0.3 is 5.97 Å². The predicted molar refractivity (Wildman–Crippen MR) is 122 cm³/mol. The average Bonchev–Trinajstić information content (AvgIpc) is 2.78. The third kappa shape index (κ3) is 3.99. The number of ether oxygens (including phenoxy) is 1. The topological polar surface area (TPSA) is 68.3 Å². The number of amides is 1. The zero-order valence-electron chi connectivity index (χ0n) is 17.8. The van der Waals surface area contributed by atoms with Gasteiger partial charge in [0, 0.05) is 17.2 Å². The van der Waals surface area contributed by atoms with Gasteiger partial charge in [-0.15, -0.1) is 0 Å². The fraction of sp³-hybridized carbons (Fsp3) is 0.192. The molecule has 0 radical (unpaired) electrons. The van der Waals surface area contributed by atoms with Crippen LogP contribution in [-0.4, -0.2) is 30.0 Å². The number of para-hydroxylation sites is 2. The van der Waals surface area contributed by atoms with Crippen molar-refractivity contribution in [1.29, 1.82) is 0 Å². The maximum Gasteiger partial charge on any atom is 0.328 e. The van der Waals surface area contributed by atoms with Crippen molar-refractivity contribution in [2.45, 2.75) is 26.3 Å². The Morgan fingerprint density at radius 3 is 1.97 bits per heavy atom. The van der Waals surface area contributed by atoms with Crippen LogP contribution < -0.4 is 5.32 Å². The van der Waals surface area contributed by atoms with Crippen molar-refractivity contribution in [2.75, 3.05) is 7.11 Å². The first kappa shape index (κ1) is 20.5. The fourth-order valence-electron chi connectivity index (χ4n) is 4.03. The number of carbonyl (C=O) groups is 2. The molecule has 0 fully saturated rings. The summed E-state index contributed by atoms with van der Waals surface area (Å²) >= 11 is 0. The van der Waals surface area contributed by atoms with Crippen LogP contribution in [0.1, 0.15) is 27.0 Å². The van der Waals surface area contributed by atoms with E-state index in [0.717, 1.165) is 38.5 Å². The highest BCUT2D eigenvalue weighted by Crippen LogP contribution is 2.26. The van der Waals surface area contributed by atoms with Crippen LogP contribution in [0.3, 0.4) is 0 Å². The largest absolute Gasteiger partial charge is 0.467 e. The minimum absolute atomic E-state index is 0.323. The second-order valence-corrected chi connectivity index (χ2v) is 7.64. The highest BCUT2D eigenvalue weighted by Gasteiger charge is 2.26. The molecule has 1 atom stereocenters. The number of nitrogens with one attached hydrogen (secondary N) is 1. The lowest BCUT2D eigenvalue weighted by molar-refractivity contribution is -0.142. The van der Waals surface area contributed by atoms with Gasteiger partial charge in [-0.1, -0.05) is 54.6 Å². The molecule has 0 spiro atoms. The van der Waals surface area contributed by atoms with Gasteiger partial charge in [0.05, 0.1) is 23.7 Å². The Hall–Kier alpha value is -3.73. The number of pyridine rings is 1. The lowest BCUT2D eigenvalue weighted by Gasteiger charge is -2.20. The molecule has 1 aromatic heterocycles. The van der Waals surface area contributed by atoms with Crippen LogP contribution >= 0.6 is 0 Å². The number of aryl methyl sites for hydroxylation is 2. The summed E-state index contributed by atoms with van der Waals surface area (Å²) in [5.74, 6) is -0.796. The Bertz CT molecular complexity index is 1220. The summed E-state index contributed by atoms with van der Waals surface area (Å²) in [5.41, 5.74) is 5.15. The summed E-state index contributed by atoms with van der Waals surface area (Å²) in [5, 5.41) is 4.42. The Morgan fingerprint density at radius 1 is 0.871 bits per heavy atom. The van der Waals surface area contributed by atoms with Crippen molar-refractivity contribution in [3.8, 4) is 0 Å². The number of carbonyl (C=O) groups excluding carboxylic acids is 2. The standard InChI is InChI=1S/C26H24N2O3/c1-16-9-8-10-17(2)20(16)15-23(26(30)31-3)28-25(29)24-18-11-4-6-13-21(18)27-22-14-7-5-12-19(22)24/h4-14,23H,15H2,1-3H3,(H,28,29)/t23-/m1/s1. The molecule has 0 bridgehead atoms. The summed E-state index contributed by atoms with van der Waals surface area (Å²) in [6, 6.07) is 20.2. The zero-order chi connectivity index (χ0) is 22.0. The van der Waals surface area contributed by atoms with Crippen molar-refractivity contribution >= 4 is 33.7 Å². The fourth-order valence-corrected chi connectivity index (χ4v) is 4.03. The van der Waals surface area contributed by atoms with E-state index in [1.807, 2.05) is 80.6 Å². The van der Waals surface area contributed by atoms with Gasteiger partial charge in [-0.2, -0.15) is 0 Å². The Labute approximate surface area is 181 Å². The maximum absolute atomic E-state index is 13.5. The Balaban J connectivity index is 1.77. The van der Waals surface area contributed by atoms with E-state index in [-0.39, 0.29) is 5.91 Å². The smallest absolute Gasteiger partial charge is 0.328 e. The molecule has 0 aliphatic heterocycles. The molecule has 1 N–H and O–H groups in total. The molecule has 5 heteroatoms. The van der Waals surface area contributed by atoms with Gasteiger partial charge in [0.15, 0.2) is 0 Å². The number of nitrogens with zero attached hydrogens (tertiary/aromatic N) is 1. The normalized spacial score (nSPS) is 12.0. The van der Waals surface area contributed by atoms with E-state index >= 15 is 0 Å². The van der Waals surface area contributed by atoms with Gasteiger partial charge in [0.25, 0.3) is 5.91 Å². The molecule has 0 saturated carbocycles. The summed E-state index contributed by atoms with van der Waals surface area (Å²) in [6.45, 7) is 4.00. The monoisotopic (exact) mass is 412 g/mol. The van der Waals surface area contributed by atoms with E-state index in [1.54, 1.807) is 0 Å². The lowest BCUT2D eigenvalue weighted by atomic mass is 9.95. The Morgan fingerprint density at radius 2 is 1.42 bits per heavy atom. The van der Waals surface area contributed by atoms with Gasteiger partial charge < -0.3 is 10.1 Å². The SMILES string of the molecule is COC(=O)[C@@H](Cc1c(C)cccc1C)NC(=O)c1c2ccccc2nc2ccccc12. The van der Waals surface area contributed by atoms with E-state index in [4.69, 9.17) is 4.74 Å². The third-order valence-corrected chi connectivity index (χ3v) is 5.66. The second kappa shape index (κ2) is 8.56. The average molecular weight is 412 g/mol. The van der Waals surface area contributed by atoms with Crippen LogP contribution in [0, 0.1) is 13.8 Å². The molecular weight excluding hydrogens is 388 g/mol. The quantitative estimate of drug-likeness (QED) is 0.387. The molecule has 1 amide bonds. The van der Waals surface area contributed by atoms with Crippen molar-refractivity contribution < 1.29 is 14.3 Å². The van der Waals surface area contributed by atoms with Crippen LogP contribution in [0.4, 0.5) is 0 Å². The Kier molecular flexibility index (Phi) is 5.67. The molecule has 5 nitrogen and oxygen atoms in total. The minimum atomic E-state index is -0.803. The molecule has 0 unspecified atom stereocenters. The van der Waals surface area contributed by atoms with E-state index in [1.165, 1.54) is 7.11 Å². The second-order valence-electron chi connectivity index (χ2n) is 7.64. The van der Waals surface area contributed by atoms with Crippen molar-refractivity contribution in [3.05, 3.63) is 89.0 Å². The molecule has 0 aliphatic carbocycles. The van der Waals surface area contributed by atoms with E-state index < -0.39 is 12.0 Å². The minimum Gasteiger partial charge on any atom is -0.467 e. The van der Waals surface area contributed by atoms with Crippen LogP contribution in [0.25, 0.3) is 21.8 Å². The van der Waals surface area contributed by atoms with Gasteiger partial charge in [0.1, 0.15) is 6.04 Å². The van der Waals surface area contributed by atoms with Crippen molar-refractivity contribution in [2.24, 2.45) is 0 Å². The van der Waals surface area contributed by atoms with Gasteiger partial charge in [-0.3, -0.25) is 4.79 Å². The zero-order valence-corrected chi connectivity index (χ0v) is 17.8. The number of fused-ring (bicyclic) bond motifs is 2. The first-order chi connectivity index (χ1) is 15.0. The van der Waals surface area contributed by atoms with E-state index in [2.05, 4.69) is 10.3 Å². The van der Waals surface area contributed by atoms with Crippen molar-refractivity contribution in [1.82, 2.24) is 10.3 Å². The van der Waals surface area contributed by atoms with Crippen LogP contribution in [0.5, 0.6) is 0 Å². The molecule has 4 rings (SSSR count). The number of hydrogen-bond acceptors (Lipinski definition) is 4. The highest BCUT2D eigenvalue weighted by atomic mass is 16.5. The molecular formula is C26H24N2O3. The van der Waals surface area contributed by atoms with Crippen LogP contribution in [0.15, 0.2) is 66.7 Å². The van der Waals surface area contributed by atoms with E-state index in [0.29, 0.717) is 12.0 Å². The molecule has 156 valence electrons. The van der Waals surface area contributed by atoms with Crippen LogP contribution in [-0.2, 0) is 16.0 Å². The molecule has 0 aliphatic rings. The summed E-state index contributed by atoms with van der Waals surface area (Å²) in [7, 11) is 1.34. The molecule has 4 aromatic rings. The molecule has 0 saturated heterocycles. The molecule has 3 aromatic carbocycles. The predicted octanol–water partition coefficient (Wildman–Crippen LogP) is 4.52. The summed E-state index contributed by atoms with van der Waals surface area (Å²) < 4.78 is 5.01. The number of hydrogen-bond donors (Lipinski definition) is 1. The third-order valence-electron chi connectivity index (χ3n) is 5.66. The van der Waals surface area contributed by atoms with Gasteiger partial charge in [-0.05, 0) is 42.7 Å².